The van der Waals surface area contributed by atoms with Gasteiger partial charge >= 0.3 is 0 Å². The fraction of sp³-hybridized carbons (Fsp3) is 0.625. The molecule has 104 valence electrons. The quantitative estimate of drug-likeness (QED) is 0.837. The van der Waals surface area contributed by atoms with E-state index in [0.717, 1.165) is 18.0 Å². The minimum absolute atomic E-state index is 0.328. The SMILES string of the molecule is OCCC1(CNC2CC(c3ccccc3Cl)C2)CC1. The highest BCUT2D eigenvalue weighted by atomic mass is 35.5. The molecule has 0 saturated heterocycles. The van der Waals surface area contributed by atoms with Crippen LogP contribution in [0, 0.1) is 5.41 Å². The van der Waals surface area contributed by atoms with Crippen LogP contribution >= 0.6 is 11.6 Å². The summed E-state index contributed by atoms with van der Waals surface area (Å²) in [4.78, 5) is 0. The normalized spacial score (nSPS) is 27.9. The highest BCUT2D eigenvalue weighted by Crippen LogP contribution is 2.48. The summed E-state index contributed by atoms with van der Waals surface area (Å²) in [6.45, 7) is 1.40. The zero-order valence-electron chi connectivity index (χ0n) is 11.2. The predicted octanol–water partition coefficient (Wildman–Crippen LogP) is 3.34. The molecule has 3 rings (SSSR count). The Morgan fingerprint density at radius 2 is 2.00 bits per heavy atom. The van der Waals surface area contributed by atoms with E-state index in [9.17, 15) is 0 Å². The van der Waals surface area contributed by atoms with Gasteiger partial charge in [0.15, 0.2) is 0 Å². The van der Waals surface area contributed by atoms with Crippen LogP contribution in [0.5, 0.6) is 0 Å². The first-order valence-corrected chi connectivity index (χ1v) is 7.69. The first kappa shape index (κ1) is 13.4. The third-order valence-corrected chi connectivity index (χ3v) is 5.19. The van der Waals surface area contributed by atoms with Crippen LogP contribution in [0.1, 0.15) is 43.6 Å². The Morgan fingerprint density at radius 3 is 2.63 bits per heavy atom. The molecule has 19 heavy (non-hydrogen) atoms. The van der Waals surface area contributed by atoms with Crippen LogP contribution < -0.4 is 5.32 Å². The lowest BCUT2D eigenvalue weighted by molar-refractivity contribution is 0.224. The lowest BCUT2D eigenvalue weighted by Crippen LogP contribution is -2.42. The maximum Gasteiger partial charge on any atom is 0.0440 e. The lowest BCUT2D eigenvalue weighted by atomic mass is 9.75. The molecule has 2 nitrogen and oxygen atoms in total. The van der Waals surface area contributed by atoms with E-state index in [2.05, 4.69) is 17.4 Å². The summed E-state index contributed by atoms with van der Waals surface area (Å²) in [5.41, 5.74) is 1.73. The van der Waals surface area contributed by atoms with Gasteiger partial charge in [-0.15, -0.1) is 0 Å². The number of nitrogens with one attached hydrogen (secondary N) is 1. The number of hydrogen-bond acceptors (Lipinski definition) is 2. The number of benzene rings is 1. The van der Waals surface area contributed by atoms with Crippen molar-refractivity contribution in [2.45, 2.75) is 44.1 Å². The molecule has 0 aromatic heterocycles. The van der Waals surface area contributed by atoms with Crippen molar-refractivity contribution in [2.75, 3.05) is 13.2 Å². The number of rotatable bonds is 6. The Morgan fingerprint density at radius 1 is 1.26 bits per heavy atom. The lowest BCUT2D eigenvalue weighted by Gasteiger charge is -2.37. The largest absolute Gasteiger partial charge is 0.396 e. The van der Waals surface area contributed by atoms with Crippen molar-refractivity contribution in [2.24, 2.45) is 5.41 Å². The van der Waals surface area contributed by atoms with Gasteiger partial charge in [-0.2, -0.15) is 0 Å². The standard InChI is InChI=1S/C16H22ClNO/c17-15-4-2-1-3-14(15)12-9-13(10-12)18-11-16(5-6-16)7-8-19/h1-4,12-13,18-19H,5-11H2. The van der Waals surface area contributed by atoms with E-state index in [-0.39, 0.29) is 0 Å². The number of aliphatic hydroxyl groups is 1. The third-order valence-electron chi connectivity index (χ3n) is 4.85. The molecule has 0 amide bonds. The zero-order valence-corrected chi connectivity index (χ0v) is 12.0. The maximum atomic E-state index is 9.06. The molecule has 0 bridgehead atoms. The highest BCUT2D eigenvalue weighted by molar-refractivity contribution is 6.31. The minimum Gasteiger partial charge on any atom is -0.396 e. The zero-order chi connectivity index (χ0) is 13.3. The summed E-state index contributed by atoms with van der Waals surface area (Å²) in [6.07, 6.45) is 5.90. The smallest absolute Gasteiger partial charge is 0.0440 e. The monoisotopic (exact) mass is 279 g/mol. The summed E-state index contributed by atoms with van der Waals surface area (Å²) in [7, 11) is 0. The van der Waals surface area contributed by atoms with Crippen molar-refractivity contribution < 1.29 is 5.11 Å². The molecule has 3 heteroatoms. The van der Waals surface area contributed by atoms with E-state index in [1.54, 1.807) is 0 Å². The van der Waals surface area contributed by atoms with Crippen molar-refractivity contribution in [3.8, 4) is 0 Å². The molecule has 2 fully saturated rings. The van der Waals surface area contributed by atoms with Crippen LogP contribution in [0.3, 0.4) is 0 Å². The van der Waals surface area contributed by atoms with E-state index >= 15 is 0 Å². The van der Waals surface area contributed by atoms with Crippen LogP contribution in [-0.2, 0) is 0 Å². The minimum atomic E-state index is 0.328. The Kier molecular flexibility index (Phi) is 3.84. The first-order valence-electron chi connectivity index (χ1n) is 7.31. The molecule has 1 aromatic rings. The van der Waals surface area contributed by atoms with Gasteiger partial charge in [0.25, 0.3) is 0 Å². The molecule has 1 aromatic carbocycles. The molecule has 0 atom stereocenters. The molecule has 0 aliphatic heterocycles. The number of halogens is 1. The van der Waals surface area contributed by atoms with Gasteiger partial charge in [0.05, 0.1) is 0 Å². The van der Waals surface area contributed by atoms with E-state index in [0.29, 0.717) is 24.0 Å². The summed E-state index contributed by atoms with van der Waals surface area (Å²) < 4.78 is 0. The van der Waals surface area contributed by atoms with Gasteiger partial charge < -0.3 is 10.4 Å². The van der Waals surface area contributed by atoms with Crippen molar-refractivity contribution in [1.82, 2.24) is 5.32 Å². The van der Waals surface area contributed by atoms with Crippen LogP contribution in [0.25, 0.3) is 0 Å². The Hall–Kier alpha value is -0.570. The van der Waals surface area contributed by atoms with Crippen LogP contribution in [0.2, 0.25) is 5.02 Å². The second kappa shape index (κ2) is 5.43. The molecule has 0 radical (unpaired) electrons. The summed E-state index contributed by atoms with van der Waals surface area (Å²) in [5.74, 6) is 0.624. The topological polar surface area (TPSA) is 32.3 Å². The molecule has 0 heterocycles. The Bertz CT molecular complexity index is 438. The van der Waals surface area contributed by atoms with Crippen molar-refractivity contribution in [3.05, 3.63) is 34.9 Å². The van der Waals surface area contributed by atoms with Gasteiger partial charge in [-0.3, -0.25) is 0 Å². The molecule has 2 aliphatic carbocycles. The van der Waals surface area contributed by atoms with Gasteiger partial charge in [-0.05, 0) is 55.1 Å². The van der Waals surface area contributed by atoms with Crippen molar-refractivity contribution in [1.29, 1.82) is 0 Å². The molecule has 0 spiro atoms. The van der Waals surface area contributed by atoms with Gasteiger partial charge in [0.2, 0.25) is 0 Å². The average molecular weight is 280 g/mol. The van der Waals surface area contributed by atoms with E-state index in [1.807, 2.05) is 12.1 Å². The van der Waals surface area contributed by atoms with Gasteiger partial charge in [-0.1, -0.05) is 29.8 Å². The molecular weight excluding hydrogens is 258 g/mol. The molecule has 0 unspecified atom stereocenters. The van der Waals surface area contributed by atoms with Gasteiger partial charge in [0, 0.05) is 24.2 Å². The summed E-state index contributed by atoms with van der Waals surface area (Å²) >= 11 is 6.23. The maximum absolute atomic E-state index is 9.06. The molecule has 2 aliphatic rings. The fourth-order valence-electron chi connectivity index (χ4n) is 3.13. The second-order valence-electron chi connectivity index (χ2n) is 6.24. The van der Waals surface area contributed by atoms with Crippen molar-refractivity contribution in [3.63, 3.8) is 0 Å². The van der Waals surface area contributed by atoms with Crippen LogP contribution in [0.4, 0.5) is 0 Å². The highest BCUT2D eigenvalue weighted by Gasteiger charge is 2.42. The Labute approximate surface area is 120 Å². The number of aliphatic hydroxyl groups excluding tert-OH is 1. The van der Waals surface area contributed by atoms with Crippen LogP contribution in [0.15, 0.2) is 24.3 Å². The van der Waals surface area contributed by atoms with E-state index in [4.69, 9.17) is 16.7 Å². The van der Waals surface area contributed by atoms with Gasteiger partial charge in [0.1, 0.15) is 0 Å². The Balaban J connectivity index is 1.45. The first-order chi connectivity index (χ1) is 9.22. The molecule has 2 saturated carbocycles. The summed E-state index contributed by atoms with van der Waals surface area (Å²) in [6, 6.07) is 8.83. The van der Waals surface area contributed by atoms with Gasteiger partial charge in [-0.25, -0.2) is 0 Å². The second-order valence-corrected chi connectivity index (χ2v) is 6.65. The van der Waals surface area contributed by atoms with Crippen molar-refractivity contribution >= 4 is 11.6 Å². The van der Waals surface area contributed by atoms with E-state index < -0.39 is 0 Å². The predicted molar refractivity (Wildman–Crippen MR) is 78.6 cm³/mol. The molecule has 2 N–H and O–H groups in total. The molecular formula is C16H22ClNO. The fourth-order valence-corrected chi connectivity index (χ4v) is 3.42. The van der Waals surface area contributed by atoms with Crippen LogP contribution in [-0.4, -0.2) is 24.3 Å². The number of hydrogen-bond donors (Lipinski definition) is 2. The van der Waals surface area contributed by atoms with E-state index in [1.165, 1.54) is 31.2 Å². The average Bonchev–Trinajstić information content (AvgIpc) is 3.10. The third kappa shape index (κ3) is 2.96. The summed E-state index contributed by atoms with van der Waals surface area (Å²) in [5, 5.41) is 13.6.